The van der Waals surface area contributed by atoms with Gasteiger partial charge in [0, 0.05) is 6.04 Å². The number of ether oxygens (including phenoxy) is 1. The van der Waals surface area contributed by atoms with Crippen molar-refractivity contribution in [3.63, 3.8) is 0 Å². The number of hydrogen-bond donors (Lipinski definition) is 4. The second kappa shape index (κ2) is 13.3. The number of carbonyl (C=O) groups excluding carboxylic acids is 1. The molecule has 2 atom stereocenters. The number of aromatic hydroxyl groups is 1. The van der Waals surface area contributed by atoms with Crippen molar-refractivity contribution in [2.45, 2.75) is 63.7 Å². The van der Waals surface area contributed by atoms with Crippen LogP contribution in [0.3, 0.4) is 0 Å². The molecule has 0 heterocycles. The van der Waals surface area contributed by atoms with Gasteiger partial charge in [-0.3, -0.25) is 4.79 Å². The molecular weight excluding hydrogens is 528 g/mol. The van der Waals surface area contributed by atoms with Crippen molar-refractivity contribution < 1.29 is 28.2 Å². The number of aliphatic hydroxyl groups excluding tert-OH is 1. The number of benzene rings is 3. The van der Waals surface area contributed by atoms with Crippen molar-refractivity contribution in [3.05, 3.63) is 83.4 Å². The van der Waals surface area contributed by atoms with Crippen LogP contribution in [-0.4, -0.2) is 49.5 Å². The summed E-state index contributed by atoms with van der Waals surface area (Å²) < 4.78 is 31.6. The molecule has 1 amide bonds. The van der Waals surface area contributed by atoms with Gasteiger partial charge >= 0.3 is 0 Å². The minimum absolute atomic E-state index is 0.00129. The molecule has 0 saturated heterocycles. The van der Waals surface area contributed by atoms with E-state index in [-0.39, 0.29) is 23.5 Å². The number of rotatable bonds is 11. The van der Waals surface area contributed by atoms with Crippen LogP contribution in [0.15, 0.2) is 66.7 Å². The minimum Gasteiger partial charge on any atom is -0.508 e. The Labute approximate surface area is 236 Å². The first-order valence-electron chi connectivity index (χ1n) is 13.7. The van der Waals surface area contributed by atoms with E-state index in [1.165, 1.54) is 6.42 Å². The number of phenolic OH excluding ortho intramolecular Hbond substituents is 1. The summed E-state index contributed by atoms with van der Waals surface area (Å²) in [6, 6.07) is 19.7. The SMILES string of the molecule is C[C@H](NCCc1ccc(-c2ccc(C(=O)NS(C)(=O)=O)c(OC3CCCCC3)c2)cc1)[C@H](O)c1ccc(O)cc1. The molecule has 1 aliphatic rings. The van der Waals surface area contributed by atoms with Gasteiger partial charge in [-0.2, -0.15) is 0 Å². The predicted molar refractivity (Wildman–Crippen MR) is 156 cm³/mol. The molecule has 40 heavy (non-hydrogen) atoms. The zero-order valence-electron chi connectivity index (χ0n) is 23.0. The van der Waals surface area contributed by atoms with Crippen LogP contribution in [-0.2, 0) is 16.4 Å². The van der Waals surface area contributed by atoms with Gasteiger partial charge in [0.2, 0.25) is 10.0 Å². The van der Waals surface area contributed by atoms with Crippen LogP contribution < -0.4 is 14.8 Å². The standard InChI is InChI=1S/C31H38N2O6S/c1-21(30(35)24-12-15-26(34)16-13-24)32-19-18-22-8-10-23(11-9-22)25-14-17-28(31(36)33-40(2,37)38)29(20-25)39-27-6-4-3-5-7-27/h8-17,20-21,27,30,32,34-35H,3-7,18-19H2,1-2H3,(H,33,36)/t21-,30-/m0/s1. The van der Waals surface area contributed by atoms with Crippen molar-refractivity contribution in [1.29, 1.82) is 0 Å². The third kappa shape index (κ3) is 8.30. The van der Waals surface area contributed by atoms with E-state index in [1.807, 2.05) is 42.0 Å². The van der Waals surface area contributed by atoms with Gasteiger partial charge in [-0.15, -0.1) is 0 Å². The van der Waals surface area contributed by atoms with E-state index >= 15 is 0 Å². The topological polar surface area (TPSA) is 125 Å². The van der Waals surface area contributed by atoms with Crippen LogP contribution >= 0.6 is 0 Å². The van der Waals surface area contributed by atoms with Crippen LogP contribution in [0.1, 0.15) is 66.6 Å². The maximum atomic E-state index is 12.7. The highest BCUT2D eigenvalue weighted by Crippen LogP contribution is 2.31. The first kappa shape index (κ1) is 29.6. The normalized spacial score (nSPS) is 15.8. The Bertz CT molecular complexity index is 1380. The Morgan fingerprint density at radius 1 is 0.975 bits per heavy atom. The average molecular weight is 567 g/mol. The average Bonchev–Trinajstić information content (AvgIpc) is 2.93. The van der Waals surface area contributed by atoms with Gasteiger partial charge in [0.1, 0.15) is 11.5 Å². The molecule has 0 spiro atoms. The van der Waals surface area contributed by atoms with E-state index in [0.717, 1.165) is 60.6 Å². The largest absolute Gasteiger partial charge is 0.508 e. The van der Waals surface area contributed by atoms with E-state index < -0.39 is 22.0 Å². The Balaban J connectivity index is 1.42. The maximum absolute atomic E-state index is 12.7. The summed E-state index contributed by atoms with van der Waals surface area (Å²) in [6.07, 6.45) is 6.16. The summed E-state index contributed by atoms with van der Waals surface area (Å²) in [7, 11) is -3.71. The summed E-state index contributed by atoms with van der Waals surface area (Å²) in [5.41, 5.74) is 3.90. The molecule has 214 valence electrons. The number of hydrogen-bond acceptors (Lipinski definition) is 7. The van der Waals surface area contributed by atoms with Gasteiger partial charge in [0.15, 0.2) is 0 Å². The van der Waals surface area contributed by atoms with Crippen LogP contribution in [0.2, 0.25) is 0 Å². The molecule has 0 unspecified atom stereocenters. The van der Waals surface area contributed by atoms with E-state index in [4.69, 9.17) is 4.74 Å². The predicted octanol–water partition coefficient (Wildman–Crippen LogP) is 4.71. The number of nitrogens with one attached hydrogen (secondary N) is 2. The third-order valence-corrected chi connectivity index (χ3v) is 7.78. The Kier molecular flexibility index (Phi) is 9.84. The van der Waals surface area contributed by atoms with Crippen molar-refractivity contribution >= 4 is 15.9 Å². The lowest BCUT2D eigenvalue weighted by molar-refractivity contribution is 0.0969. The molecular formula is C31H38N2O6S. The van der Waals surface area contributed by atoms with Gasteiger partial charge < -0.3 is 20.3 Å². The lowest BCUT2D eigenvalue weighted by atomic mass is 9.97. The molecule has 0 radical (unpaired) electrons. The quantitative estimate of drug-likeness (QED) is 0.265. The molecule has 1 fully saturated rings. The van der Waals surface area contributed by atoms with Gasteiger partial charge in [0.05, 0.1) is 24.0 Å². The molecule has 1 saturated carbocycles. The monoisotopic (exact) mass is 566 g/mol. The second-order valence-corrected chi connectivity index (χ2v) is 12.3. The van der Waals surface area contributed by atoms with Crippen molar-refractivity contribution in [3.8, 4) is 22.6 Å². The lowest BCUT2D eigenvalue weighted by Gasteiger charge is -2.24. The molecule has 3 aromatic rings. The molecule has 0 aliphatic heterocycles. The smallest absolute Gasteiger partial charge is 0.268 e. The number of sulfonamides is 1. The number of amides is 1. The Morgan fingerprint density at radius 3 is 2.27 bits per heavy atom. The summed E-state index contributed by atoms with van der Waals surface area (Å²) in [4.78, 5) is 12.7. The van der Waals surface area contributed by atoms with Crippen molar-refractivity contribution in [1.82, 2.24) is 10.0 Å². The van der Waals surface area contributed by atoms with Gasteiger partial charge in [0.25, 0.3) is 5.91 Å². The lowest BCUT2D eigenvalue weighted by Crippen LogP contribution is -2.33. The highest BCUT2D eigenvalue weighted by molar-refractivity contribution is 7.89. The molecule has 4 N–H and O–H groups in total. The molecule has 9 heteroatoms. The van der Waals surface area contributed by atoms with Gasteiger partial charge in [-0.1, -0.05) is 48.9 Å². The van der Waals surface area contributed by atoms with Gasteiger partial charge in [-0.25, -0.2) is 13.1 Å². The van der Waals surface area contributed by atoms with Crippen LogP contribution in [0.25, 0.3) is 11.1 Å². The molecule has 1 aliphatic carbocycles. The van der Waals surface area contributed by atoms with Crippen LogP contribution in [0.5, 0.6) is 11.5 Å². The first-order valence-corrected chi connectivity index (χ1v) is 15.6. The zero-order chi connectivity index (χ0) is 28.7. The van der Waals surface area contributed by atoms with E-state index in [1.54, 1.807) is 36.4 Å². The number of carbonyl (C=O) groups is 1. The van der Waals surface area contributed by atoms with Crippen molar-refractivity contribution in [2.75, 3.05) is 12.8 Å². The third-order valence-electron chi connectivity index (χ3n) is 7.23. The minimum atomic E-state index is -3.71. The summed E-state index contributed by atoms with van der Waals surface area (Å²) in [5.74, 6) is -0.145. The molecule has 0 aromatic heterocycles. The van der Waals surface area contributed by atoms with Gasteiger partial charge in [-0.05, 0) is 92.1 Å². The Hall–Kier alpha value is -3.40. The summed E-state index contributed by atoms with van der Waals surface area (Å²) in [6.45, 7) is 2.60. The van der Waals surface area contributed by atoms with E-state index in [9.17, 15) is 23.4 Å². The highest BCUT2D eigenvalue weighted by atomic mass is 32.2. The number of phenols is 1. The maximum Gasteiger partial charge on any atom is 0.268 e. The fraction of sp³-hybridized carbons (Fsp3) is 0.387. The second-order valence-electron chi connectivity index (χ2n) is 10.5. The Morgan fingerprint density at radius 2 is 1.62 bits per heavy atom. The number of aliphatic hydroxyl groups is 1. The first-order chi connectivity index (χ1) is 19.1. The molecule has 8 nitrogen and oxygen atoms in total. The summed E-state index contributed by atoms with van der Waals surface area (Å²) in [5, 5.41) is 23.4. The zero-order valence-corrected chi connectivity index (χ0v) is 23.8. The highest BCUT2D eigenvalue weighted by Gasteiger charge is 2.22. The fourth-order valence-electron chi connectivity index (χ4n) is 4.95. The van der Waals surface area contributed by atoms with E-state index in [0.29, 0.717) is 12.3 Å². The van der Waals surface area contributed by atoms with Crippen LogP contribution in [0.4, 0.5) is 0 Å². The summed E-state index contributed by atoms with van der Waals surface area (Å²) >= 11 is 0. The molecule has 3 aromatic carbocycles. The fourth-order valence-corrected chi connectivity index (χ4v) is 5.40. The molecule has 0 bridgehead atoms. The van der Waals surface area contributed by atoms with E-state index in [2.05, 4.69) is 5.32 Å². The van der Waals surface area contributed by atoms with Crippen molar-refractivity contribution in [2.24, 2.45) is 0 Å². The van der Waals surface area contributed by atoms with Crippen LogP contribution in [0, 0.1) is 0 Å². The molecule has 4 rings (SSSR count).